The zero-order valence-electron chi connectivity index (χ0n) is 10.1. The minimum atomic E-state index is -0.381. The second-order valence-corrected chi connectivity index (χ2v) is 4.97. The van der Waals surface area contributed by atoms with Crippen molar-refractivity contribution in [3.8, 4) is 6.07 Å². The summed E-state index contributed by atoms with van der Waals surface area (Å²) in [6.07, 6.45) is 8.84. The molecule has 0 saturated heterocycles. The number of rotatable bonds is 3. The second-order valence-electron chi connectivity index (χ2n) is 4.97. The van der Waals surface area contributed by atoms with Crippen LogP contribution in [0.25, 0.3) is 0 Å². The molecule has 1 saturated carbocycles. The van der Waals surface area contributed by atoms with Crippen molar-refractivity contribution in [1.29, 1.82) is 5.26 Å². The molecule has 0 N–H and O–H groups in total. The number of hydrogen-bond donors (Lipinski definition) is 0. The Morgan fingerprint density at radius 2 is 2.00 bits per heavy atom. The fourth-order valence-corrected chi connectivity index (χ4v) is 2.65. The average molecular weight is 231 g/mol. The van der Waals surface area contributed by atoms with E-state index in [-0.39, 0.29) is 11.4 Å². The largest absolute Gasteiger partial charge is 0.206 e. The van der Waals surface area contributed by atoms with Gasteiger partial charge < -0.3 is 0 Å². The molecule has 0 atom stereocenters. The lowest BCUT2D eigenvalue weighted by Gasteiger charge is -2.21. The van der Waals surface area contributed by atoms with Gasteiger partial charge in [-0.1, -0.05) is 38.2 Å². The zero-order chi connectivity index (χ0) is 12.1. The topological polar surface area (TPSA) is 23.8 Å². The number of aryl methyl sites for hydroxylation is 1. The highest BCUT2D eigenvalue weighted by atomic mass is 19.1. The first kappa shape index (κ1) is 12.1. The van der Waals surface area contributed by atoms with Crippen molar-refractivity contribution >= 4 is 0 Å². The number of nitrogens with zero attached hydrogens (tertiary/aromatic N) is 1. The second kappa shape index (κ2) is 5.82. The monoisotopic (exact) mass is 231 g/mol. The summed E-state index contributed by atoms with van der Waals surface area (Å²) in [7, 11) is 0. The molecule has 0 bridgehead atoms. The van der Waals surface area contributed by atoms with Crippen LogP contribution in [0.4, 0.5) is 4.39 Å². The molecule has 0 unspecified atom stereocenters. The van der Waals surface area contributed by atoms with Crippen molar-refractivity contribution in [2.45, 2.75) is 44.9 Å². The van der Waals surface area contributed by atoms with Crippen molar-refractivity contribution in [3.05, 3.63) is 35.1 Å². The Kier molecular flexibility index (Phi) is 4.14. The van der Waals surface area contributed by atoms with Gasteiger partial charge in [0, 0.05) is 0 Å². The van der Waals surface area contributed by atoms with Crippen molar-refractivity contribution in [2.24, 2.45) is 5.92 Å². The van der Waals surface area contributed by atoms with Gasteiger partial charge in [0.15, 0.2) is 0 Å². The summed E-state index contributed by atoms with van der Waals surface area (Å²) in [6, 6.07) is 6.84. The van der Waals surface area contributed by atoms with Gasteiger partial charge in [-0.15, -0.1) is 0 Å². The van der Waals surface area contributed by atoms with Crippen LogP contribution in [0.5, 0.6) is 0 Å². The van der Waals surface area contributed by atoms with Gasteiger partial charge in [-0.05, 0) is 36.5 Å². The molecule has 0 aliphatic heterocycles. The van der Waals surface area contributed by atoms with Crippen molar-refractivity contribution in [3.63, 3.8) is 0 Å². The van der Waals surface area contributed by atoms with Crippen LogP contribution in [0.1, 0.15) is 49.7 Å². The third kappa shape index (κ3) is 3.30. The smallest absolute Gasteiger partial charge is 0.141 e. The molecule has 0 amide bonds. The van der Waals surface area contributed by atoms with Gasteiger partial charge in [0.2, 0.25) is 0 Å². The first-order valence-corrected chi connectivity index (χ1v) is 6.48. The van der Waals surface area contributed by atoms with E-state index in [0.29, 0.717) is 0 Å². The highest BCUT2D eigenvalue weighted by Gasteiger charge is 2.13. The van der Waals surface area contributed by atoms with E-state index in [1.165, 1.54) is 38.2 Å². The molecule has 1 fully saturated rings. The van der Waals surface area contributed by atoms with Crippen LogP contribution in [0.2, 0.25) is 0 Å². The zero-order valence-corrected chi connectivity index (χ0v) is 10.1. The summed E-state index contributed by atoms with van der Waals surface area (Å²) in [6.45, 7) is 0. The summed E-state index contributed by atoms with van der Waals surface area (Å²) in [4.78, 5) is 0. The Morgan fingerprint density at radius 3 is 2.65 bits per heavy atom. The summed E-state index contributed by atoms with van der Waals surface area (Å²) < 4.78 is 13.4. The molecule has 0 spiro atoms. The maximum Gasteiger partial charge on any atom is 0.141 e. The Morgan fingerprint density at radius 1 is 1.24 bits per heavy atom. The van der Waals surface area contributed by atoms with Crippen LogP contribution in [0.15, 0.2) is 18.2 Å². The molecule has 1 aliphatic rings. The molecule has 0 aromatic heterocycles. The molecule has 0 radical (unpaired) electrons. The van der Waals surface area contributed by atoms with E-state index in [1.54, 1.807) is 6.07 Å². The Balaban J connectivity index is 1.90. The minimum Gasteiger partial charge on any atom is -0.206 e. The van der Waals surface area contributed by atoms with E-state index in [2.05, 4.69) is 0 Å². The van der Waals surface area contributed by atoms with Crippen LogP contribution in [-0.2, 0) is 6.42 Å². The third-order valence-corrected chi connectivity index (χ3v) is 3.72. The molecule has 1 nitrogen and oxygen atoms in total. The summed E-state index contributed by atoms with van der Waals surface area (Å²) in [5.41, 5.74) is 1.17. The molecule has 2 heteroatoms. The molecular weight excluding hydrogens is 213 g/mol. The summed E-state index contributed by atoms with van der Waals surface area (Å²) >= 11 is 0. The van der Waals surface area contributed by atoms with Crippen molar-refractivity contribution in [1.82, 2.24) is 0 Å². The van der Waals surface area contributed by atoms with Gasteiger partial charge in [0.25, 0.3) is 0 Å². The van der Waals surface area contributed by atoms with E-state index in [9.17, 15) is 4.39 Å². The predicted molar refractivity (Wildman–Crippen MR) is 66.0 cm³/mol. The Hall–Kier alpha value is -1.36. The highest BCUT2D eigenvalue weighted by molar-refractivity contribution is 5.33. The van der Waals surface area contributed by atoms with Gasteiger partial charge in [0.05, 0.1) is 5.56 Å². The maximum absolute atomic E-state index is 13.4. The molecule has 1 aromatic carbocycles. The fraction of sp³-hybridized carbons (Fsp3) is 0.533. The molecule has 1 aliphatic carbocycles. The molecular formula is C15H18FN. The number of halogens is 1. The number of benzene rings is 1. The van der Waals surface area contributed by atoms with E-state index < -0.39 is 0 Å². The van der Waals surface area contributed by atoms with E-state index in [0.717, 1.165) is 24.3 Å². The maximum atomic E-state index is 13.4. The van der Waals surface area contributed by atoms with Crippen molar-refractivity contribution in [2.75, 3.05) is 0 Å². The predicted octanol–water partition coefficient (Wildman–Crippen LogP) is 4.21. The first-order chi connectivity index (χ1) is 8.29. The molecule has 2 rings (SSSR count). The normalized spacial score (nSPS) is 16.7. The third-order valence-electron chi connectivity index (χ3n) is 3.72. The van der Waals surface area contributed by atoms with Crippen molar-refractivity contribution < 1.29 is 4.39 Å². The lowest BCUT2D eigenvalue weighted by atomic mass is 9.85. The Bertz CT molecular complexity index is 413. The van der Waals surface area contributed by atoms with Gasteiger partial charge in [-0.25, -0.2) is 4.39 Å². The van der Waals surface area contributed by atoms with E-state index >= 15 is 0 Å². The summed E-state index contributed by atoms with van der Waals surface area (Å²) in [5.74, 6) is 0.441. The van der Waals surface area contributed by atoms with Gasteiger partial charge in [0.1, 0.15) is 11.9 Å². The van der Waals surface area contributed by atoms with Gasteiger partial charge in [-0.2, -0.15) is 5.26 Å². The van der Waals surface area contributed by atoms with Crippen LogP contribution >= 0.6 is 0 Å². The van der Waals surface area contributed by atoms with Gasteiger partial charge in [-0.3, -0.25) is 0 Å². The highest BCUT2D eigenvalue weighted by Crippen LogP contribution is 2.27. The van der Waals surface area contributed by atoms with Gasteiger partial charge >= 0.3 is 0 Å². The number of nitriles is 1. The minimum absolute atomic E-state index is 0.145. The summed E-state index contributed by atoms with van der Waals surface area (Å²) in [5, 5.41) is 8.65. The van der Waals surface area contributed by atoms with Crippen LogP contribution in [0.3, 0.4) is 0 Å². The van der Waals surface area contributed by atoms with E-state index in [4.69, 9.17) is 5.26 Å². The Labute approximate surface area is 102 Å². The van der Waals surface area contributed by atoms with Crippen LogP contribution in [-0.4, -0.2) is 0 Å². The first-order valence-electron chi connectivity index (χ1n) is 6.48. The lowest BCUT2D eigenvalue weighted by Crippen LogP contribution is -2.07. The van der Waals surface area contributed by atoms with Crippen LogP contribution < -0.4 is 0 Å². The van der Waals surface area contributed by atoms with E-state index in [1.807, 2.05) is 12.1 Å². The SMILES string of the molecule is N#Cc1ccc(CCC2CCCCC2)cc1F. The molecule has 1 aromatic rings. The molecule has 0 heterocycles. The standard InChI is InChI=1S/C15H18FN/c16-15-10-13(8-9-14(15)11-17)7-6-12-4-2-1-3-5-12/h8-10,12H,1-7H2. The van der Waals surface area contributed by atoms with Crippen LogP contribution in [0, 0.1) is 23.1 Å². The quantitative estimate of drug-likeness (QED) is 0.764. The lowest BCUT2D eigenvalue weighted by molar-refractivity contribution is 0.339. The number of hydrogen-bond acceptors (Lipinski definition) is 1. The molecule has 17 heavy (non-hydrogen) atoms. The average Bonchev–Trinajstić information content (AvgIpc) is 2.38. The fourth-order valence-electron chi connectivity index (χ4n) is 2.65. The molecule has 90 valence electrons.